The summed E-state index contributed by atoms with van der Waals surface area (Å²) in [4.78, 5) is 12.4. The molecule has 0 radical (unpaired) electrons. The number of rotatable bonds is 14. The van der Waals surface area contributed by atoms with Crippen molar-refractivity contribution in [1.82, 2.24) is 4.90 Å². The van der Waals surface area contributed by atoms with Gasteiger partial charge in [-0.25, -0.2) is 0 Å². The summed E-state index contributed by atoms with van der Waals surface area (Å²) in [6.45, 7) is 10.2. The van der Waals surface area contributed by atoms with Gasteiger partial charge in [0.05, 0.1) is 46.2 Å². The second-order valence-corrected chi connectivity index (χ2v) is 5.67. The number of aliphatic hydroxyl groups excluding tert-OH is 1. The van der Waals surface area contributed by atoms with Crippen LogP contribution < -0.4 is 0 Å². The lowest BCUT2D eigenvalue weighted by Gasteiger charge is -2.16. The maximum atomic E-state index is 9.95. The van der Waals surface area contributed by atoms with Crippen LogP contribution in [0, 0.1) is 0 Å². The molecule has 0 aromatic carbocycles. The van der Waals surface area contributed by atoms with Crippen LogP contribution in [0.3, 0.4) is 0 Å². The molecule has 1 unspecified atom stereocenters. The highest BCUT2D eigenvalue weighted by Gasteiger charge is 2.17. The highest BCUT2D eigenvalue weighted by atomic mass is 16.6. The van der Waals surface area contributed by atoms with Crippen molar-refractivity contribution >= 4 is 6.29 Å². The standard InChI is InChI=1S/C11H22O5.C7H15N.CH4O/c1-2-13-6-7-15-10-11-16-9-8-14-5-3-4-12;1-3-7-5-4-6-8(7)2;1-2/h4H,2-3,5-11H2,1H3;7H,3-6H2,1-2H3;2H,1H3. The van der Waals surface area contributed by atoms with Crippen molar-refractivity contribution in [2.75, 3.05) is 73.6 Å². The Morgan fingerprint density at radius 1 is 0.923 bits per heavy atom. The predicted molar refractivity (Wildman–Crippen MR) is 104 cm³/mol. The number of carbonyl (C=O) groups excluding carboxylic acids is 1. The maximum Gasteiger partial charge on any atom is 0.122 e. The van der Waals surface area contributed by atoms with Crippen molar-refractivity contribution in [3.63, 3.8) is 0 Å². The normalized spacial score (nSPS) is 16.4. The zero-order valence-electron chi connectivity index (χ0n) is 17.3. The third-order valence-corrected chi connectivity index (χ3v) is 3.84. The molecule has 1 atom stereocenters. The third kappa shape index (κ3) is 19.8. The molecule has 1 aliphatic heterocycles. The molecule has 158 valence electrons. The lowest BCUT2D eigenvalue weighted by molar-refractivity contribution is -0.108. The molecule has 26 heavy (non-hydrogen) atoms. The van der Waals surface area contributed by atoms with Gasteiger partial charge in [-0.2, -0.15) is 0 Å². The molecular weight excluding hydrogens is 338 g/mol. The highest BCUT2D eigenvalue weighted by molar-refractivity contribution is 5.49. The second-order valence-electron chi connectivity index (χ2n) is 5.67. The predicted octanol–water partition coefficient (Wildman–Crippen LogP) is 1.76. The van der Waals surface area contributed by atoms with Gasteiger partial charge in [0, 0.05) is 26.2 Å². The molecule has 1 rings (SSSR count). The molecule has 0 aliphatic carbocycles. The van der Waals surface area contributed by atoms with Gasteiger partial charge in [0.15, 0.2) is 0 Å². The average Bonchev–Trinajstić information content (AvgIpc) is 3.10. The molecule has 1 aliphatic rings. The van der Waals surface area contributed by atoms with Gasteiger partial charge in [-0.1, -0.05) is 6.92 Å². The molecule has 0 aromatic rings. The number of aldehydes is 1. The Balaban J connectivity index is 0. The Bertz CT molecular complexity index is 268. The fourth-order valence-corrected chi connectivity index (χ4v) is 2.43. The first-order chi connectivity index (χ1) is 12.8. The molecular formula is C19H41NO6. The van der Waals surface area contributed by atoms with Crippen molar-refractivity contribution in [1.29, 1.82) is 0 Å². The van der Waals surface area contributed by atoms with Crippen LogP contribution in [-0.4, -0.2) is 95.9 Å². The maximum absolute atomic E-state index is 9.95. The molecule has 0 bridgehead atoms. The summed E-state index contributed by atoms with van der Waals surface area (Å²) in [5.41, 5.74) is 0. The number of hydrogen-bond donors (Lipinski definition) is 1. The van der Waals surface area contributed by atoms with Crippen LogP contribution in [0.2, 0.25) is 0 Å². The van der Waals surface area contributed by atoms with Crippen molar-refractivity contribution in [2.45, 2.75) is 45.6 Å². The minimum absolute atomic E-state index is 0.445. The zero-order valence-corrected chi connectivity index (χ0v) is 17.3. The van der Waals surface area contributed by atoms with Gasteiger partial charge in [-0.3, -0.25) is 0 Å². The SMILES string of the molecule is CCC1CCCN1C.CCOCCOCCOCCOCCC=O.CO. The lowest BCUT2D eigenvalue weighted by Crippen LogP contribution is -2.23. The van der Waals surface area contributed by atoms with Crippen LogP contribution in [0.1, 0.15) is 39.5 Å². The van der Waals surface area contributed by atoms with Crippen molar-refractivity contribution in [3.8, 4) is 0 Å². The highest BCUT2D eigenvalue weighted by Crippen LogP contribution is 2.16. The molecule has 1 heterocycles. The number of carbonyl (C=O) groups is 1. The number of aliphatic hydroxyl groups is 1. The molecule has 1 N–H and O–H groups in total. The van der Waals surface area contributed by atoms with Gasteiger partial charge in [0.1, 0.15) is 6.29 Å². The first kappa shape index (κ1) is 27.6. The van der Waals surface area contributed by atoms with Crippen LogP contribution >= 0.6 is 0 Å². The quantitative estimate of drug-likeness (QED) is 0.364. The Hall–Kier alpha value is -0.570. The van der Waals surface area contributed by atoms with Gasteiger partial charge in [0.2, 0.25) is 0 Å². The lowest BCUT2D eigenvalue weighted by atomic mass is 10.2. The first-order valence-electron chi connectivity index (χ1n) is 9.65. The van der Waals surface area contributed by atoms with E-state index in [1.54, 1.807) is 0 Å². The Labute approximate surface area is 159 Å². The molecule has 1 saturated heterocycles. The van der Waals surface area contributed by atoms with Gasteiger partial charge in [-0.15, -0.1) is 0 Å². The topological polar surface area (TPSA) is 77.5 Å². The van der Waals surface area contributed by atoms with Crippen molar-refractivity contribution in [2.24, 2.45) is 0 Å². The summed E-state index contributed by atoms with van der Waals surface area (Å²) in [5.74, 6) is 0. The monoisotopic (exact) mass is 379 g/mol. The summed E-state index contributed by atoms with van der Waals surface area (Å²) >= 11 is 0. The molecule has 7 heteroatoms. The summed E-state index contributed by atoms with van der Waals surface area (Å²) in [5, 5.41) is 7.00. The first-order valence-corrected chi connectivity index (χ1v) is 9.65. The van der Waals surface area contributed by atoms with Gasteiger partial charge < -0.3 is 33.7 Å². The number of nitrogens with zero attached hydrogens (tertiary/aromatic N) is 1. The third-order valence-electron chi connectivity index (χ3n) is 3.84. The number of likely N-dealkylation sites (tertiary alicyclic amines) is 1. The molecule has 7 nitrogen and oxygen atoms in total. The van der Waals surface area contributed by atoms with E-state index >= 15 is 0 Å². The Morgan fingerprint density at radius 3 is 1.77 bits per heavy atom. The Morgan fingerprint density at radius 2 is 1.42 bits per heavy atom. The summed E-state index contributed by atoms with van der Waals surface area (Å²) < 4.78 is 20.7. The van der Waals surface area contributed by atoms with E-state index in [0.717, 1.165) is 26.0 Å². The van der Waals surface area contributed by atoms with Crippen LogP contribution in [0.5, 0.6) is 0 Å². The Kier molecular flexibility index (Phi) is 26.0. The molecule has 0 amide bonds. The van der Waals surface area contributed by atoms with Crippen LogP contribution in [0.25, 0.3) is 0 Å². The van der Waals surface area contributed by atoms with E-state index in [1.165, 1.54) is 25.8 Å². The van der Waals surface area contributed by atoms with E-state index in [2.05, 4.69) is 18.9 Å². The number of ether oxygens (including phenoxy) is 4. The van der Waals surface area contributed by atoms with E-state index < -0.39 is 0 Å². The van der Waals surface area contributed by atoms with Gasteiger partial charge in [-0.05, 0) is 39.8 Å². The summed E-state index contributed by atoms with van der Waals surface area (Å²) in [7, 11) is 3.22. The summed E-state index contributed by atoms with van der Waals surface area (Å²) in [6, 6.07) is 0.898. The molecule has 0 saturated carbocycles. The minimum atomic E-state index is 0.445. The van der Waals surface area contributed by atoms with E-state index in [1.807, 2.05) is 6.92 Å². The summed E-state index contributed by atoms with van der Waals surface area (Å²) in [6.07, 6.45) is 5.45. The van der Waals surface area contributed by atoms with Crippen LogP contribution in [0.4, 0.5) is 0 Å². The second kappa shape index (κ2) is 24.4. The van der Waals surface area contributed by atoms with Gasteiger partial charge in [0.25, 0.3) is 0 Å². The fourth-order valence-electron chi connectivity index (χ4n) is 2.43. The van der Waals surface area contributed by atoms with E-state index in [4.69, 9.17) is 24.1 Å². The smallest absolute Gasteiger partial charge is 0.122 e. The fraction of sp³-hybridized carbons (Fsp3) is 0.947. The molecule has 0 aromatic heterocycles. The van der Waals surface area contributed by atoms with E-state index in [-0.39, 0.29) is 0 Å². The largest absolute Gasteiger partial charge is 0.400 e. The number of hydrogen-bond acceptors (Lipinski definition) is 7. The van der Waals surface area contributed by atoms with Crippen molar-refractivity contribution in [3.05, 3.63) is 0 Å². The van der Waals surface area contributed by atoms with E-state index in [9.17, 15) is 4.79 Å². The van der Waals surface area contributed by atoms with Crippen LogP contribution in [0.15, 0.2) is 0 Å². The average molecular weight is 380 g/mol. The molecule has 1 fully saturated rings. The van der Waals surface area contributed by atoms with E-state index in [0.29, 0.717) is 52.7 Å². The minimum Gasteiger partial charge on any atom is -0.400 e. The van der Waals surface area contributed by atoms with Crippen LogP contribution in [-0.2, 0) is 23.7 Å². The van der Waals surface area contributed by atoms with Crippen molar-refractivity contribution < 1.29 is 28.8 Å². The zero-order chi connectivity index (χ0) is 19.9. The van der Waals surface area contributed by atoms with Gasteiger partial charge >= 0.3 is 0 Å². The molecule has 0 spiro atoms.